The number of halogens is 2. The average molecular weight is 439 g/mol. The van der Waals surface area contributed by atoms with Gasteiger partial charge in [0.1, 0.15) is 17.7 Å². The first kappa shape index (κ1) is 22.8. The monoisotopic (exact) mass is 439 g/mol. The maximum Gasteiger partial charge on any atom is 0.411 e. The number of benzene rings is 1. The number of hydrogen-bond donors (Lipinski definition) is 3. The van der Waals surface area contributed by atoms with Gasteiger partial charge in [-0.3, -0.25) is 14.5 Å². The number of fused-ring (bicyclic) bond motifs is 2. The maximum absolute atomic E-state index is 14.1. The first-order valence-corrected chi connectivity index (χ1v) is 10.2. The maximum atomic E-state index is 14.1. The number of phenolic OH excluding ortho intramolecular Hbond substituents is 1. The van der Waals surface area contributed by atoms with Crippen LogP contribution < -0.4 is 11.1 Å². The van der Waals surface area contributed by atoms with Crippen LogP contribution in [0, 0.1) is 17.6 Å². The smallest absolute Gasteiger partial charge is 0.411 e. The summed E-state index contributed by atoms with van der Waals surface area (Å²) in [6.07, 6.45) is 1.14. The van der Waals surface area contributed by atoms with Gasteiger partial charge in [0.2, 0.25) is 17.6 Å². The number of carbonyl (C=O) groups is 3. The minimum atomic E-state index is -1.45. The van der Waals surface area contributed by atoms with E-state index in [9.17, 15) is 28.3 Å². The van der Waals surface area contributed by atoms with E-state index >= 15 is 0 Å². The van der Waals surface area contributed by atoms with Crippen molar-refractivity contribution in [1.29, 1.82) is 0 Å². The zero-order valence-electron chi connectivity index (χ0n) is 17.7. The lowest BCUT2D eigenvalue weighted by atomic mass is 9.97. The number of amides is 3. The Balaban J connectivity index is 1.77. The summed E-state index contributed by atoms with van der Waals surface area (Å²) < 4.78 is 33.2. The summed E-state index contributed by atoms with van der Waals surface area (Å²) in [6, 6.07) is -0.234. The topological polar surface area (TPSA) is 122 Å². The van der Waals surface area contributed by atoms with E-state index in [1.807, 2.05) is 0 Å². The Bertz CT molecular complexity index is 902. The molecule has 0 aromatic heterocycles. The summed E-state index contributed by atoms with van der Waals surface area (Å²) in [5.41, 5.74) is 4.41. The molecule has 1 aromatic rings. The van der Waals surface area contributed by atoms with Gasteiger partial charge in [0.25, 0.3) is 0 Å². The van der Waals surface area contributed by atoms with Gasteiger partial charge in [-0.05, 0) is 57.6 Å². The molecular weight excluding hydrogens is 412 g/mol. The van der Waals surface area contributed by atoms with Crippen LogP contribution in [0.5, 0.6) is 5.75 Å². The highest BCUT2D eigenvalue weighted by Crippen LogP contribution is 2.43. The summed E-state index contributed by atoms with van der Waals surface area (Å²) >= 11 is 0. The van der Waals surface area contributed by atoms with Crippen molar-refractivity contribution < 1.29 is 33.0 Å². The number of hydrogen-bond acceptors (Lipinski definition) is 5. The standard InChI is InChI=1S/C21H27F2N3O5/c1-21(2,3)31-20(30)26-12-6-4-11(8-12)17(26)19(29)25-13(18(24)28)9-10-5-7-14(27)16(23)15(10)22/h5,7,11-13,17,27H,4,6,8-9H2,1-3H3,(H2,24,28)(H,25,29)/t11?,12?,13-,17?/m0/s1. The number of carbonyl (C=O) groups excluding carboxylic acids is 3. The molecule has 2 fully saturated rings. The molecule has 1 saturated carbocycles. The van der Waals surface area contributed by atoms with E-state index in [4.69, 9.17) is 10.5 Å². The highest BCUT2D eigenvalue weighted by Gasteiger charge is 2.52. The summed E-state index contributed by atoms with van der Waals surface area (Å²) in [7, 11) is 0. The van der Waals surface area contributed by atoms with Crippen LogP contribution in [-0.4, -0.2) is 51.6 Å². The number of nitrogens with one attached hydrogen (secondary N) is 1. The number of likely N-dealkylation sites (tertiary alicyclic amines) is 1. The SMILES string of the molecule is CC(C)(C)OC(=O)N1C2CCC(C2)C1C(=O)N[C@@H](Cc1ccc(O)c(F)c1F)C(N)=O. The Labute approximate surface area is 178 Å². The second-order valence-corrected chi connectivity index (χ2v) is 9.10. The Morgan fingerprint density at radius 3 is 2.55 bits per heavy atom. The molecule has 2 aliphatic rings. The number of primary amides is 1. The van der Waals surface area contributed by atoms with E-state index in [1.54, 1.807) is 20.8 Å². The first-order valence-electron chi connectivity index (χ1n) is 10.2. The number of rotatable bonds is 5. The van der Waals surface area contributed by atoms with Crippen molar-refractivity contribution in [3.05, 3.63) is 29.3 Å². The minimum absolute atomic E-state index is 0.0890. The number of phenols is 1. The van der Waals surface area contributed by atoms with Crippen LogP contribution >= 0.6 is 0 Å². The van der Waals surface area contributed by atoms with Crippen molar-refractivity contribution in [2.75, 3.05) is 0 Å². The molecule has 3 amide bonds. The van der Waals surface area contributed by atoms with Gasteiger partial charge in [-0.25, -0.2) is 9.18 Å². The predicted molar refractivity (Wildman–Crippen MR) is 106 cm³/mol. The van der Waals surface area contributed by atoms with Crippen molar-refractivity contribution in [2.45, 2.75) is 70.2 Å². The van der Waals surface area contributed by atoms with Gasteiger partial charge in [-0.1, -0.05) is 6.07 Å². The van der Waals surface area contributed by atoms with Gasteiger partial charge in [-0.15, -0.1) is 0 Å². The van der Waals surface area contributed by atoms with Crippen LogP contribution in [0.3, 0.4) is 0 Å². The van der Waals surface area contributed by atoms with Crippen LogP contribution in [-0.2, 0) is 20.7 Å². The summed E-state index contributed by atoms with van der Waals surface area (Å²) in [5.74, 6) is -5.26. The normalized spacial score (nSPS) is 23.5. The second kappa shape index (κ2) is 8.32. The molecule has 3 unspecified atom stereocenters. The van der Waals surface area contributed by atoms with E-state index in [1.165, 1.54) is 4.90 Å². The molecule has 1 aliphatic heterocycles. The fraction of sp³-hybridized carbons (Fsp3) is 0.571. The summed E-state index contributed by atoms with van der Waals surface area (Å²) in [5, 5.41) is 11.7. The number of nitrogens with zero attached hydrogens (tertiary/aromatic N) is 1. The molecule has 170 valence electrons. The molecule has 1 aliphatic carbocycles. The van der Waals surface area contributed by atoms with Crippen molar-refractivity contribution in [2.24, 2.45) is 11.7 Å². The van der Waals surface area contributed by atoms with Gasteiger partial charge in [0.15, 0.2) is 11.6 Å². The van der Waals surface area contributed by atoms with E-state index in [2.05, 4.69) is 5.32 Å². The Hall–Kier alpha value is -2.91. The van der Waals surface area contributed by atoms with Gasteiger partial charge in [0, 0.05) is 12.5 Å². The van der Waals surface area contributed by atoms with Gasteiger partial charge in [-0.2, -0.15) is 4.39 Å². The van der Waals surface area contributed by atoms with E-state index in [-0.39, 0.29) is 17.5 Å². The molecule has 4 atom stereocenters. The molecule has 0 radical (unpaired) electrons. The Morgan fingerprint density at radius 2 is 1.94 bits per heavy atom. The number of nitrogens with two attached hydrogens (primary N) is 1. The third-order valence-corrected chi connectivity index (χ3v) is 5.68. The van der Waals surface area contributed by atoms with E-state index in [0.29, 0.717) is 6.42 Å². The summed E-state index contributed by atoms with van der Waals surface area (Å²) in [4.78, 5) is 39.1. The minimum Gasteiger partial charge on any atom is -0.505 e. The molecule has 0 spiro atoms. The third kappa shape index (κ3) is 4.72. The van der Waals surface area contributed by atoms with Gasteiger partial charge >= 0.3 is 6.09 Å². The molecule has 2 bridgehead atoms. The van der Waals surface area contributed by atoms with Crippen LogP contribution in [0.2, 0.25) is 0 Å². The lowest BCUT2D eigenvalue weighted by Gasteiger charge is -2.36. The fourth-order valence-electron chi connectivity index (χ4n) is 4.34. The highest BCUT2D eigenvalue weighted by atomic mass is 19.2. The van der Waals surface area contributed by atoms with E-state index < -0.39 is 59.4 Å². The second-order valence-electron chi connectivity index (χ2n) is 9.10. The van der Waals surface area contributed by atoms with Crippen LogP contribution in [0.25, 0.3) is 0 Å². The number of ether oxygens (including phenoxy) is 1. The molecule has 1 saturated heterocycles. The lowest BCUT2D eigenvalue weighted by molar-refractivity contribution is -0.132. The molecule has 31 heavy (non-hydrogen) atoms. The zero-order valence-corrected chi connectivity index (χ0v) is 17.7. The third-order valence-electron chi connectivity index (χ3n) is 5.68. The van der Waals surface area contributed by atoms with Crippen LogP contribution in [0.15, 0.2) is 12.1 Å². The quantitative estimate of drug-likeness (QED) is 0.648. The molecular formula is C21H27F2N3O5. The predicted octanol–water partition coefficient (Wildman–Crippen LogP) is 1.97. The molecule has 4 N–H and O–H groups in total. The van der Waals surface area contributed by atoms with Crippen molar-refractivity contribution >= 4 is 17.9 Å². The Morgan fingerprint density at radius 1 is 1.26 bits per heavy atom. The highest BCUT2D eigenvalue weighted by molar-refractivity contribution is 5.91. The number of aromatic hydroxyl groups is 1. The molecule has 1 aromatic carbocycles. The number of piperidine rings is 1. The molecule has 3 rings (SSSR count). The Kier molecular flexibility index (Phi) is 6.11. The van der Waals surface area contributed by atoms with Gasteiger partial charge in [0.05, 0.1) is 0 Å². The molecule has 10 heteroatoms. The fourth-order valence-corrected chi connectivity index (χ4v) is 4.34. The van der Waals surface area contributed by atoms with Gasteiger partial charge < -0.3 is 20.9 Å². The first-order chi connectivity index (χ1) is 14.4. The van der Waals surface area contributed by atoms with Crippen molar-refractivity contribution in [3.63, 3.8) is 0 Å². The summed E-state index contributed by atoms with van der Waals surface area (Å²) in [6.45, 7) is 5.17. The average Bonchev–Trinajstić information content (AvgIpc) is 3.27. The van der Waals surface area contributed by atoms with Crippen LogP contribution in [0.1, 0.15) is 45.6 Å². The van der Waals surface area contributed by atoms with Crippen molar-refractivity contribution in [3.8, 4) is 5.75 Å². The van der Waals surface area contributed by atoms with Crippen molar-refractivity contribution in [1.82, 2.24) is 10.2 Å². The molecule has 8 nitrogen and oxygen atoms in total. The lowest BCUT2D eigenvalue weighted by Crippen LogP contribution is -2.57. The van der Waals surface area contributed by atoms with E-state index in [0.717, 1.165) is 25.0 Å². The molecule has 1 heterocycles. The largest absolute Gasteiger partial charge is 0.505 e. The zero-order chi connectivity index (χ0) is 23.1. The van der Waals surface area contributed by atoms with Crippen LogP contribution in [0.4, 0.5) is 13.6 Å².